The molecule has 0 aliphatic rings. The first kappa shape index (κ1) is 14.8. The van der Waals surface area contributed by atoms with Crippen LogP contribution in [0.5, 0.6) is 0 Å². The second kappa shape index (κ2) is 6.74. The summed E-state index contributed by atoms with van der Waals surface area (Å²) in [5.41, 5.74) is 4.05. The normalized spacial score (nSPS) is 10.2. The molecule has 2 aromatic carbocycles. The van der Waals surface area contributed by atoms with Gasteiger partial charge in [-0.2, -0.15) is 0 Å². The highest BCUT2D eigenvalue weighted by Crippen LogP contribution is 2.24. The van der Waals surface area contributed by atoms with Crippen LogP contribution < -0.4 is 10.6 Å². The molecule has 2 aromatic rings. The molecular formula is C16H19N3O2. The molecule has 0 amide bonds. The SMILES string of the molecule is CNc1cc(NCCc2cccc(C)c2)cc([N+](=O)[O-])c1. The first-order valence-corrected chi connectivity index (χ1v) is 6.85. The van der Waals surface area contributed by atoms with E-state index in [0.29, 0.717) is 0 Å². The molecule has 0 aliphatic heterocycles. The van der Waals surface area contributed by atoms with Crippen LogP contribution in [0.15, 0.2) is 42.5 Å². The van der Waals surface area contributed by atoms with Gasteiger partial charge in [0.2, 0.25) is 0 Å². The second-order valence-electron chi connectivity index (χ2n) is 4.94. The third kappa shape index (κ3) is 4.21. The third-order valence-corrected chi connectivity index (χ3v) is 3.24. The van der Waals surface area contributed by atoms with Crippen LogP contribution in [0.1, 0.15) is 11.1 Å². The summed E-state index contributed by atoms with van der Waals surface area (Å²) in [4.78, 5) is 10.5. The molecule has 0 aliphatic carbocycles. The molecule has 0 radical (unpaired) electrons. The Morgan fingerprint density at radius 2 is 1.90 bits per heavy atom. The zero-order chi connectivity index (χ0) is 15.2. The van der Waals surface area contributed by atoms with E-state index in [-0.39, 0.29) is 10.6 Å². The summed E-state index contributed by atoms with van der Waals surface area (Å²) >= 11 is 0. The summed E-state index contributed by atoms with van der Waals surface area (Å²) in [7, 11) is 1.75. The highest BCUT2D eigenvalue weighted by atomic mass is 16.6. The Kier molecular flexibility index (Phi) is 4.77. The number of nitro benzene ring substituents is 1. The number of hydrogen-bond donors (Lipinski definition) is 2. The number of nitrogens with one attached hydrogen (secondary N) is 2. The van der Waals surface area contributed by atoms with Gasteiger partial charge in [0.05, 0.1) is 4.92 Å². The van der Waals surface area contributed by atoms with Crippen molar-refractivity contribution in [2.24, 2.45) is 0 Å². The van der Waals surface area contributed by atoms with E-state index < -0.39 is 0 Å². The van der Waals surface area contributed by atoms with Crippen molar-refractivity contribution in [3.05, 3.63) is 63.7 Å². The van der Waals surface area contributed by atoms with Crippen molar-refractivity contribution < 1.29 is 4.92 Å². The van der Waals surface area contributed by atoms with Crippen LogP contribution in [0.4, 0.5) is 17.1 Å². The highest BCUT2D eigenvalue weighted by Gasteiger charge is 2.08. The Morgan fingerprint density at radius 1 is 1.14 bits per heavy atom. The second-order valence-corrected chi connectivity index (χ2v) is 4.94. The minimum absolute atomic E-state index is 0.0832. The van der Waals surface area contributed by atoms with Crippen molar-refractivity contribution >= 4 is 17.1 Å². The van der Waals surface area contributed by atoms with Gasteiger partial charge >= 0.3 is 0 Å². The molecule has 0 bridgehead atoms. The highest BCUT2D eigenvalue weighted by molar-refractivity contribution is 5.63. The van der Waals surface area contributed by atoms with Gasteiger partial charge in [-0.3, -0.25) is 10.1 Å². The van der Waals surface area contributed by atoms with Gasteiger partial charge in [0.1, 0.15) is 0 Å². The molecule has 2 rings (SSSR count). The van der Waals surface area contributed by atoms with Crippen molar-refractivity contribution in [3.8, 4) is 0 Å². The summed E-state index contributed by atoms with van der Waals surface area (Å²) in [6.07, 6.45) is 0.874. The molecule has 0 unspecified atom stereocenters. The Balaban J connectivity index is 2.02. The Labute approximate surface area is 124 Å². The number of hydrogen-bond acceptors (Lipinski definition) is 4. The van der Waals surface area contributed by atoms with E-state index in [9.17, 15) is 10.1 Å². The zero-order valence-electron chi connectivity index (χ0n) is 12.2. The molecule has 0 fully saturated rings. The fraction of sp³-hybridized carbons (Fsp3) is 0.250. The van der Waals surface area contributed by atoms with Crippen LogP contribution in [0.2, 0.25) is 0 Å². The Bertz CT molecular complexity index is 641. The quantitative estimate of drug-likeness (QED) is 0.628. The summed E-state index contributed by atoms with van der Waals surface area (Å²) in [5.74, 6) is 0. The topological polar surface area (TPSA) is 67.2 Å². The first-order chi connectivity index (χ1) is 10.1. The van der Waals surface area contributed by atoms with Gasteiger partial charge in [-0.15, -0.1) is 0 Å². The lowest BCUT2D eigenvalue weighted by Gasteiger charge is -2.09. The minimum Gasteiger partial charge on any atom is -0.388 e. The minimum atomic E-state index is -0.382. The van der Waals surface area contributed by atoms with E-state index in [4.69, 9.17) is 0 Å². The van der Waals surface area contributed by atoms with Crippen molar-refractivity contribution in [2.75, 3.05) is 24.2 Å². The van der Waals surface area contributed by atoms with Crippen LogP contribution in [-0.4, -0.2) is 18.5 Å². The molecule has 0 aromatic heterocycles. The first-order valence-electron chi connectivity index (χ1n) is 6.85. The third-order valence-electron chi connectivity index (χ3n) is 3.24. The van der Waals surface area contributed by atoms with Crippen molar-refractivity contribution in [2.45, 2.75) is 13.3 Å². The van der Waals surface area contributed by atoms with Crippen LogP contribution in [0, 0.1) is 17.0 Å². The molecule has 21 heavy (non-hydrogen) atoms. The molecule has 0 heterocycles. The van der Waals surface area contributed by atoms with Crippen molar-refractivity contribution in [1.29, 1.82) is 0 Å². The number of anilines is 2. The number of non-ortho nitro benzene ring substituents is 1. The van der Waals surface area contributed by atoms with Gasteiger partial charge in [-0.1, -0.05) is 29.8 Å². The van der Waals surface area contributed by atoms with Gasteiger partial charge in [0.15, 0.2) is 0 Å². The van der Waals surface area contributed by atoms with E-state index in [2.05, 4.69) is 35.8 Å². The van der Waals surface area contributed by atoms with E-state index in [1.54, 1.807) is 13.1 Å². The van der Waals surface area contributed by atoms with Gasteiger partial charge in [-0.05, 0) is 25.0 Å². The number of nitro groups is 1. The van der Waals surface area contributed by atoms with Crippen LogP contribution in [0.25, 0.3) is 0 Å². The van der Waals surface area contributed by atoms with Crippen molar-refractivity contribution in [3.63, 3.8) is 0 Å². The van der Waals surface area contributed by atoms with Gasteiger partial charge in [0, 0.05) is 37.1 Å². The lowest BCUT2D eigenvalue weighted by atomic mass is 10.1. The molecule has 2 N–H and O–H groups in total. The fourth-order valence-corrected chi connectivity index (χ4v) is 2.18. The molecule has 0 spiro atoms. The summed E-state index contributed by atoms with van der Waals surface area (Å²) in [5, 5.41) is 17.1. The summed E-state index contributed by atoms with van der Waals surface area (Å²) in [6.45, 7) is 2.80. The molecular weight excluding hydrogens is 266 g/mol. The van der Waals surface area contributed by atoms with E-state index in [1.807, 2.05) is 12.1 Å². The van der Waals surface area contributed by atoms with Gasteiger partial charge < -0.3 is 10.6 Å². The maximum absolute atomic E-state index is 10.9. The molecule has 110 valence electrons. The summed E-state index contributed by atoms with van der Waals surface area (Å²) in [6, 6.07) is 13.3. The van der Waals surface area contributed by atoms with E-state index >= 15 is 0 Å². The number of nitrogens with zero attached hydrogens (tertiary/aromatic N) is 1. The smallest absolute Gasteiger partial charge is 0.273 e. The Hall–Kier alpha value is -2.56. The van der Waals surface area contributed by atoms with Crippen LogP contribution >= 0.6 is 0 Å². The van der Waals surface area contributed by atoms with E-state index in [0.717, 1.165) is 24.3 Å². The van der Waals surface area contributed by atoms with Crippen LogP contribution in [-0.2, 0) is 6.42 Å². The molecule has 0 atom stereocenters. The molecule has 0 saturated carbocycles. The van der Waals surface area contributed by atoms with E-state index in [1.165, 1.54) is 17.2 Å². The van der Waals surface area contributed by atoms with Crippen molar-refractivity contribution in [1.82, 2.24) is 0 Å². The number of benzene rings is 2. The molecule has 5 heteroatoms. The predicted octanol–water partition coefficient (Wildman–Crippen LogP) is 3.60. The Morgan fingerprint density at radius 3 is 2.57 bits per heavy atom. The lowest BCUT2D eigenvalue weighted by molar-refractivity contribution is -0.384. The average Bonchev–Trinajstić information content (AvgIpc) is 2.47. The molecule has 5 nitrogen and oxygen atoms in total. The standard InChI is InChI=1S/C16H19N3O2/c1-12-4-3-5-13(8-12)6-7-18-15-9-14(17-2)10-16(11-15)19(20)21/h3-5,8-11,17-18H,6-7H2,1-2H3. The average molecular weight is 285 g/mol. The van der Waals surface area contributed by atoms with Gasteiger partial charge in [-0.25, -0.2) is 0 Å². The number of aryl methyl sites for hydroxylation is 1. The lowest BCUT2D eigenvalue weighted by Crippen LogP contribution is -2.06. The zero-order valence-corrected chi connectivity index (χ0v) is 12.2. The largest absolute Gasteiger partial charge is 0.388 e. The van der Waals surface area contributed by atoms with Crippen LogP contribution in [0.3, 0.4) is 0 Å². The number of rotatable bonds is 6. The fourth-order valence-electron chi connectivity index (χ4n) is 2.18. The molecule has 0 saturated heterocycles. The summed E-state index contributed by atoms with van der Waals surface area (Å²) < 4.78 is 0. The van der Waals surface area contributed by atoms with Gasteiger partial charge in [0.25, 0.3) is 5.69 Å². The maximum Gasteiger partial charge on any atom is 0.273 e. The predicted molar refractivity (Wildman–Crippen MR) is 86.0 cm³/mol. The monoisotopic (exact) mass is 285 g/mol. The maximum atomic E-state index is 10.9.